The van der Waals surface area contributed by atoms with Crippen LogP contribution in [0.5, 0.6) is 0 Å². The van der Waals surface area contributed by atoms with E-state index in [1.165, 1.54) is 0 Å². The summed E-state index contributed by atoms with van der Waals surface area (Å²) in [4.78, 5) is 41.4. The maximum absolute atomic E-state index is 14.2. The topological polar surface area (TPSA) is 146 Å². The van der Waals surface area contributed by atoms with Gasteiger partial charge in [0.1, 0.15) is 0 Å². The Labute approximate surface area is 254 Å². The zero-order chi connectivity index (χ0) is 32.8. The molecule has 0 radical (unpaired) electrons. The smallest absolute Gasteiger partial charge is 0.311 e. The van der Waals surface area contributed by atoms with Gasteiger partial charge in [-0.05, 0) is 49.7 Å². The number of fused-ring (bicyclic) bond motifs is 3. The molecule has 0 bridgehead atoms. The Morgan fingerprint density at radius 2 is 1.64 bits per heavy atom. The third-order valence-corrected chi connectivity index (χ3v) is 7.33. The number of alkyl halides is 3. The van der Waals surface area contributed by atoms with Crippen LogP contribution in [0.15, 0.2) is 60.0 Å². The number of halogens is 3. The average Bonchev–Trinajstić information content (AvgIpc) is 3.27. The van der Waals surface area contributed by atoms with Crippen molar-refractivity contribution in [3.63, 3.8) is 0 Å². The van der Waals surface area contributed by atoms with E-state index in [0.717, 1.165) is 26.1 Å². The fourth-order valence-corrected chi connectivity index (χ4v) is 5.07. The van der Waals surface area contributed by atoms with Crippen LogP contribution in [0.3, 0.4) is 0 Å². The van der Waals surface area contributed by atoms with Gasteiger partial charge in [-0.3, -0.25) is 24.1 Å². The molecule has 0 N–H and O–H groups in total. The van der Waals surface area contributed by atoms with Crippen molar-refractivity contribution >= 4 is 39.6 Å². The number of aromatic nitrogens is 5. The van der Waals surface area contributed by atoms with Crippen LogP contribution in [0, 0.1) is 22.8 Å². The molecule has 45 heavy (non-hydrogen) atoms. The molecule has 0 aliphatic rings. The second kappa shape index (κ2) is 11.0. The number of carbonyl (C=O) groups is 2. The van der Waals surface area contributed by atoms with Gasteiger partial charge in [0.15, 0.2) is 5.82 Å². The number of benzene rings is 1. The van der Waals surface area contributed by atoms with Crippen LogP contribution in [0.2, 0.25) is 0 Å². The zero-order valence-electron chi connectivity index (χ0n) is 24.7. The lowest BCUT2D eigenvalue weighted by atomic mass is 9.91. The number of amides is 2. The molecule has 0 aliphatic heterocycles. The normalized spacial score (nSPS) is 12.3. The van der Waals surface area contributed by atoms with Gasteiger partial charge >= 0.3 is 6.18 Å². The van der Waals surface area contributed by atoms with Crippen molar-refractivity contribution in [3.05, 3.63) is 71.9 Å². The van der Waals surface area contributed by atoms with Crippen molar-refractivity contribution in [2.75, 3.05) is 4.90 Å². The largest absolute Gasteiger partial charge is 0.420 e. The number of anilines is 1. The Hall–Kier alpha value is -5.89. The molecule has 5 aromatic rings. The third kappa shape index (κ3) is 5.27. The van der Waals surface area contributed by atoms with E-state index in [1.54, 1.807) is 72.8 Å². The first-order valence-corrected chi connectivity index (χ1v) is 13.4. The second-order valence-electron chi connectivity index (χ2n) is 10.7. The van der Waals surface area contributed by atoms with Gasteiger partial charge in [-0.15, -0.1) is 4.99 Å². The first kappa shape index (κ1) is 30.6. The van der Waals surface area contributed by atoms with E-state index in [4.69, 9.17) is 0 Å². The average molecular weight is 612 g/mol. The Kier molecular flexibility index (Phi) is 7.46. The number of hydrogen-bond acceptors (Lipinski definition) is 8. The summed E-state index contributed by atoms with van der Waals surface area (Å²) in [5.41, 5.74) is 1.23. The minimum atomic E-state index is -4.93. The van der Waals surface area contributed by atoms with Crippen LogP contribution in [-0.2, 0) is 28.2 Å². The minimum Gasteiger partial charge on any atom is -0.311 e. The number of imidazole rings is 1. The summed E-state index contributed by atoms with van der Waals surface area (Å²) in [7, 11) is 1.70. The molecule has 2 amide bonds. The Morgan fingerprint density at radius 3 is 2.22 bits per heavy atom. The Bertz CT molecular complexity index is 2170. The number of nitrogens with zero attached hydrogens (tertiary/aromatic N) is 9. The van der Waals surface area contributed by atoms with Crippen LogP contribution in [0.4, 0.5) is 19.0 Å². The molecule has 0 spiro atoms. The highest BCUT2D eigenvalue weighted by Crippen LogP contribution is 2.39. The first-order valence-electron chi connectivity index (χ1n) is 13.4. The fourth-order valence-electron chi connectivity index (χ4n) is 5.07. The standard InChI is InChI=1S/C31H24F3N9O2/c1-17(44)42(18(2)45)28-23(31(32,33)34)11-20(12-39-28)19-6-8-24-22(10-19)27-25(14-37-24)41(5)29(40-16-36)43(27)21-7-9-26(38-13-21)30(3,4)15-35/h6-14H,1-5H3. The quantitative estimate of drug-likeness (QED) is 0.258. The van der Waals surface area contributed by atoms with Gasteiger partial charge in [0.25, 0.3) is 0 Å². The summed E-state index contributed by atoms with van der Waals surface area (Å²) in [5, 5.41) is 19.5. The third-order valence-electron chi connectivity index (χ3n) is 7.33. The predicted octanol–water partition coefficient (Wildman–Crippen LogP) is 5.08. The van der Waals surface area contributed by atoms with Gasteiger partial charge in [-0.1, -0.05) is 6.07 Å². The maximum Gasteiger partial charge on any atom is 0.420 e. The summed E-state index contributed by atoms with van der Waals surface area (Å²) in [5.74, 6) is -2.62. The predicted molar refractivity (Wildman–Crippen MR) is 157 cm³/mol. The molecule has 4 aromatic heterocycles. The van der Waals surface area contributed by atoms with Crippen LogP contribution >= 0.6 is 0 Å². The SMILES string of the molecule is CC(=O)N(C(C)=O)c1ncc(-c2ccc3ncc4c(c3c2)n(-c2ccc(C(C)(C)C#N)nc2)c(=NC#N)n4C)cc1C(F)(F)F. The first-order chi connectivity index (χ1) is 21.2. The number of carbonyl (C=O) groups excluding carboxylic acids is 2. The van der Waals surface area contributed by atoms with Crippen molar-refractivity contribution in [1.29, 1.82) is 10.5 Å². The number of imide groups is 1. The molecule has 4 heterocycles. The number of pyridine rings is 3. The molecule has 0 saturated carbocycles. The van der Waals surface area contributed by atoms with Gasteiger partial charge in [-0.25, -0.2) is 9.88 Å². The molecule has 0 unspecified atom stereocenters. The second-order valence-corrected chi connectivity index (χ2v) is 10.7. The Balaban J connectivity index is 1.79. The molecule has 14 heteroatoms. The van der Waals surface area contributed by atoms with Gasteiger partial charge in [0.05, 0.1) is 57.4 Å². The number of rotatable bonds is 4. The van der Waals surface area contributed by atoms with Crippen molar-refractivity contribution in [2.24, 2.45) is 12.0 Å². The number of hydrogen-bond donors (Lipinski definition) is 0. The molecule has 0 aliphatic carbocycles. The van der Waals surface area contributed by atoms with Crippen molar-refractivity contribution in [1.82, 2.24) is 24.1 Å². The Morgan fingerprint density at radius 1 is 0.933 bits per heavy atom. The van der Waals surface area contributed by atoms with E-state index in [1.807, 2.05) is 6.19 Å². The minimum absolute atomic E-state index is 0.0752. The van der Waals surface area contributed by atoms with Crippen LogP contribution in [-0.4, -0.2) is 35.9 Å². The molecule has 0 saturated heterocycles. The highest BCUT2D eigenvalue weighted by atomic mass is 19.4. The van der Waals surface area contributed by atoms with E-state index in [-0.39, 0.29) is 11.2 Å². The highest BCUT2D eigenvalue weighted by Gasteiger charge is 2.38. The van der Waals surface area contributed by atoms with E-state index in [9.17, 15) is 33.3 Å². The zero-order valence-corrected chi connectivity index (χ0v) is 24.7. The summed E-state index contributed by atoms with van der Waals surface area (Å²) in [6, 6.07) is 11.3. The molecule has 5 rings (SSSR count). The van der Waals surface area contributed by atoms with Gasteiger partial charge in [0, 0.05) is 38.0 Å². The van der Waals surface area contributed by atoms with Gasteiger partial charge < -0.3 is 4.57 Å². The summed E-state index contributed by atoms with van der Waals surface area (Å²) in [6.45, 7) is 5.43. The van der Waals surface area contributed by atoms with E-state index in [0.29, 0.717) is 43.8 Å². The highest BCUT2D eigenvalue weighted by molar-refractivity contribution is 6.13. The van der Waals surface area contributed by atoms with Crippen molar-refractivity contribution < 1.29 is 22.8 Å². The number of nitriles is 2. The molecule has 226 valence electrons. The lowest BCUT2D eigenvalue weighted by Crippen LogP contribution is -2.35. The lowest BCUT2D eigenvalue weighted by Gasteiger charge is -2.21. The molecule has 11 nitrogen and oxygen atoms in total. The maximum atomic E-state index is 14.2. The van der Waals surface area contributed by atoms with E-state index < -0.39 is 34.8 Å². The van der Waals surface area contributed by atoms with Crippen molar-refractivity contribution in [2.45, 2.75) is 39.3 Å². The molecule has 0 atom stereocenters. The summed E-state index contributed by atoms with van der Waals surface area (Å²) in [6.07, 6.45) is 1.19. The van der Waals surface area contributed by atoms with E-state index >= 15 is 0 Å². The summed E-state index contributed by atoms with van der Waals surface area (Å²) >= 11 is 0. The van der Waals surface area contributed by atoms with Crippen LogP contribution < -0.4 is 10.5 Å². The van der Waals surface area contributed by atoms with Crippen molar-refractivity contribution in [3.8, 4) is 29.1 Å². The lowest BCUT2D eigenvalue weighted by molar-refractivity contribution is -0.137. The molecule has 0 fully saturated rings. The molecule has 1 aromatic carbocycles. The monoisotopic (exact) mass is 611 g/mol. The molecular weight excluding hydrogens is 587 g/mol. The fraction of sp³-hybridized carbons (Fsp3) is 0.226. The van der Waals surface area contributed by atoms with Crippen LogP contribution in [0.25, 0.3) is 38.8 Å². The van der Waals surface area contributed by atoms with Crippen LogP contribution in [0.1, 0.15) is 39.0 Å². The number of aryl methyl sites for hydroxylation is 1. The summed E-state index contributed by atoms with van der Waals surface area (Å²) < 4.78 is 46.0. The van der Waals surface area contributed by atoms with Gasteiger partial charge in [-0.2, -0.15) is 23.7 Å². The van der Waals surface area contributed by atoms with E-state index in [2.05, 4.69) is 26.0 Å². The molecular formula is C31H24F3N9O2. The van der Waals surface area contributed by atoms with Gasteiger partial charge in [0.2, 0.25) is 23.6 Å².